The second kappa shape index (κ2) is 16.4. The Morgan fingerprint density at radius 3 is 2.21 bits per heavy atom. The molecule has 220 valence electrons. The molecule has 3 heterocycles. The van der Waals surface area contributed by atoms with Crippen molar-refractivity contribution in [3.05, 3.63) is 25.3 Å². The standard InChI is InChI=1S/C26H44N5O7P/c1-2-3-4-5-6-7-8-9-10-11-12-13-14-15-16-36-39(34,35)37-17-20-22(32)23(33)26(38-20)31-19-30-21-24(27)28-18-29-25(21)31/h2,18-20,22-23,26,32-33H,1,3-17H2,(H,34,35)(H2,27,28,29)/t20-,22-,23-,26-/m1/s1. The van der Waals surface area contributed by atoms with Gasteiger partial charge in [0.2, 0.25) is 0 Å². The van der Waals surface area contributed by atoms with Crippen LogP contribution in [-0.2, 0) is 18.3 Å². The van der Waals surface area contributed by atoms with Gasteiger partial charge < -0.3 is 25.6 Å². The molecule has 3 rings (SSSR count). The van der Waals surface area contributed by atoms with E-state index in [1.807, 2.05) is 6.08 Å². The molecule has 1 unspecified atom stereocenters. The van der Waals surface area contributed by atoms with E-state index < -0.39 is 39.0 Å². The van der Waals surface area contributed by atoms with E-state index in [1.54, 1.807) is 0 Å². The number of allylic oxidation sites excluding steroid dienone is 1. The summed E-state index contributed by atoms with van der Waals surface area (Å²) in [5.74, 6) is 0.168. The molecule has 0 radical (unpaired) electrons. The van der Waals surface area contributed by atoms with Gasteiger partial charge in [-0.2, -0.15) is 0 Å². The van der Waals surface area contributed by atoms with E-state index in [0.29, 0.717) is 17.6 Å². The average Bonchev–Trinajstić information content (AvgIpc) is 3.47. The van der Waals surface area contributed by atoms with Crippen LogP contribution in [0.2, 0.25) is 0 Å². The number of phosphoric acid groups is 1. The SMILES string of the molecule is C=CCCCCCCCCCCCCCCOP(=O)(O)OC[C@H]1O[C@@H](n2cnc3c(N)ncnc32)[C@H](O)[C@@H]1O. The third-order valence-electron chi connectivity index (χ3n) is 6.96. The van der Waals surface area contributed by atoms with E-state index in [2.05, 4.69) is 21.5 Å². The smallest absolute Gasteiger partial charge is 0.387 e. The maximum atomic E-state index is 12.3. The van der Waals surface area contributed by atoms with Gasteiger partial charge in [-0.25, -0.2) is 19.5 Å². The molecule has 0 spiro atoms. The maximum absolute atomic E-state index is 12.3. The number of unbranched alkanes of at least 4 members (excludes halogenated alkanes) is 12. The number of nitrogen functional groups attached to an aromatic ring is 1. The summed E-state index contributed by atoms with van der Waals surface area (Å²) < 4.78 is 29.5. The number of nitrogens with zero attached hydrogens (tertiary/aromatic N) is 4. The van der Waals surface area contributed by atoms with Crippen molar-refractivity contribution in [2.75, 3.05) is 18.9 Å². The van der Waals surface area contributed by atoms with E-state index in [1.165, 1.54) is 68.6 Å². The first kappa shape index (κ1) is 31.6. The summed E-state index contributed by atoms with van der Waals surface area (Å²) in [5.41, 5.74) is 6.45. The maximum Gasteiger partial charge on any atom is 0.472 e. The molecule has 1 fully saturated rings. The van der Waals surface area contributed by atoms with Gasteiger partial charge in [-0.1, -0.05) is 70.3 Å². The van der Waals surface area contributed by atoms with Crippen LogP contribution in [0, 0.1) is 0 Å². The Hall–Kier alpha value is -1.92. The van der Waals surface area contributed by atoms with Gasteiger partial charge in [0.05, 0.1) is 19.5 Å². The van der Waals surface area contributed by atoms with Gasteiger partial charge in [0.1, 0.15) is 30.2 Å². The van der Waals surface area contributed by atoms with E-state index in [-0.39, 0.29) is 12.4 Å². The number of hydrogen-bond acceptors (Lipinski definition) is 10. The lowest BCUT2D eigenvalue weighted by Gasteiger charge is -2.17. The molecule has 5 N–H and O–H groups in total. The van der Waals surface area contributed by atoms with Gasteiger partial charge in [0.15, 0.2) is 17.7 Å². The summed E-state index contributed by atoms with van der Waals surface area (Å²) in [6, 6.07) is 0. The number of fused-ring (bicyclic) bond motifs is 1. The first-order valence-electron chi connectivity index (χ1n) is 14.0. The molecule has 0 bridgehead atoms. The number of imidazole rings is 1. The molecule has 0 aliphatic carbocycles. The summed E-state index contributed by atoms with van der Waals surface area (Å²) >= 11 is 0. The van der Waals surface area contributed by atoms with Crippen LogP contribution in [0.3, 0.4) is 0 Å². The largest absolute Gasteiger partial charge is 0.472 e. The Balaban J connectivity index is 1.25. The van der Waals surface area contributed by atoms with E-state index in [4.69, 9.17) is 19.5 Å². The predicted octanol–water partition coefficient (Wildman–Crippen LogP) is 4.42. The van der Waals surface area contributed by atoms with Crippen molar-refractivity contribution in [3.8, 4) is 0 Å². The van der Waals surface area contributed by atoms with Crippen LogP contribution in [0.4, 0.5) is 5.82 Å². The minimum atomic E-state index is -4.34. The monoisotopic (exact) mass is 569 g/mol. The Morgan fingerprint density at radius 1 is 0.949 bits per heavy atom. The summed E-state index contributed by atoms with van der Waals surface area (Å²) in [4.78, 5) is 22.1. The number of phosphoric ester groups is 1. The fourth-order valence-corrected chi connectivity index (χ4v) is 5.47. The van der Waals surface area contributed by atoms with Crippen molar-refractivity contribution in [1.82, 2.24) is 19.5 Å². The van der Waals surface area contributed by atoms with Crippen LogP contribution in [0.15, 0.2) is 25.3 Å². The predicted molar refractivity (Wildman–Crippen MR) is 148 cm³/mol. The number of ether oxygens (including phenoxy) is 1. The highest BCUT2D eigenvalue weighted by Gasteiger charge is 2.45. The summed E-state index contributed by atoms with van der Waals surface area (Å²) in [6.45, 7) is 3.41. The van der Waals surface area contributed by atoms with E-state index in [0.717, 1.165) is 25.7 Å². The molecule has 0 amide bonds. The lowest BCUT2D eigenvalue weighted by Crippen LogP contribution is -2.33. The summed E-state index contributed by atoms with van der Waals surface area (Å²) in [5, 5.41) is 20.9. The normalized spacial score (nSPS) is 22.8. The highest BCUT2D eigenvalue weighted by molar-refractivity contribution is 7.47. The third kappa shape index (κ3) is 9.89. The molecule has 13 heteroatoms. The quantitative estimate of drug-likeness (QED) is 0.101. The zero-order chi connectivity index (χ0) is 28.1. The Morgan fingerprint density at radius 2 is 1.56 bits per heavy atom. The lowest BCUT2D eigenvalue weighted by molar-refractivity contribution is -0.0514. The van der Waals surface area contributed by atoms with Crippen molar-refractivity contribution in [3.63, 3.8) is 0 Å². The van der Waals surface area contributed by atoms with Crippen molar-refractivity contribution >= 4 is 24.8 Å². The van der Waals surface area contributed by atoms with Crippen molar-refractivity contribution in [2.45, 2.75) is 108 Å². The Bertz CT molecular complexity index is 1050. The topological polar surface area (TPSA) is 175 Å². The molecule has 39 heavy (non-hydrogen) atoms. The summed E-state index contributed by atoms with van der Waals surface area (Å²) in [7, 11) is -4.34. The molecule has 1 aliphatic heterocycles. The lowest BCUT2D eigenvalue weighted by atomic mass is 10.0. The number of aromatic nitrogens is 4. The van der Waals surface area contributed by atoms with Crippen molar-refractivity contribution in [2.24, 2.45) is 0 Å². The zero-order valence-electron chi connectivity index (χ0n) is 22.6. The van der Waals surface area contributed by atoms with Crippen LogP contribution in [0.5, 0.6) is 0 Å². The molecule has 0 aromatic carbocycles. The van der Waals surface area contributed by atoms with Crippen LogP contribution < -0.4 is 5.73 Å². The highest BCUT2D eigenvalue weighted by Crippen LogP contribution is 2.44. The number of nitrogens with two attached hydrogens (primary N) is 1. The Labute approximate surface area is 230 Å². The van der Waals surface area contributed by atoms with Crippen LogP contribution in [0.1, 0.15) is 89.7 Å². The van der Waals surface area contributed by atoms with Crippen LogP contribution in [0.25, 0.3) is 11.2 Å². The third-order valence-corrected chi connectivity index (χ3v) is 7.94. The molecular formula is C26H44N5O7P. The van der Waals surface area contributed by atoms with Crippen molar-refractivity contribution in [1.29, 1.82) is 0 Å². The molecule has 2 aromatic heterocycles. The molecule has 1 saturated heterocycles. The fraction of sp³-hybridized carbons (Fsp3) is 0.731. The van der Waals surface area contributed by atoms with Crippen LogP contribution in [-0.4, -0.2) is 66.2 Å². The molecule has 12 nitrogen and oxygen atoms in total. The summed E-state index contributed by atoms with van der Waals surface area (Å²) in [6.07, 6.45) is 14.9. The Kier molecular flexibility index (Phi) is 13.3. The number of hydrogen-bond donors (Lipinski definition) is 4. The van der Waals surface area contributed by atoms with Gasteiger partial charge in [-0.15, -0.1) is 6.58 Å². The second-order valence-electron chi connectivity index (χ2n) is 10.0. The molecule has 1 aliphatic rings. The number of rotatable bonds is 20. The number of aliphatic hydroxyl groups is 2. The molecule has 0 saturated carbocycles. The van der Waals surface area contributed by atoms with Crippen LogP contribution >= 0.6 is 7.82 Å². The minimum Gasteiger partial charge on any atom is -0.387 e. The highest BCUT2D eigenvalue weighted by atomic mass is 31.2. The van der Waals surface area contributed by atoms with Gasteiger partial charge in [0, 0.05) is 0 Å². The minimum absolute atomic E-state index is 0.0983. The molecular weight excluding hydrogens is 525 g/mol. The number of anilines is 1. The molecule has 5 atom stereocenters. The van der Waals surface area contributed by atoms with E-state index >= 15 is 0 Å². The van der Waals surface area contributed by atoms with Gasteiger partial charge >= 0.3 is 7.82 Å². The van der Waals surface area contributed by atoms with E-state index in [9.17, 15) is 19.7 Å². The fourth-order valence-electron chi connectivity index (χ4n) is 4.70. The van der Waals surface area contributed by atoms with Crippen molar-refractivity contribution < 1.29 is 33.5 Å². The molecule has 2 aromatic rings. The first-order chi connectivity index (χ1) is 18.8. The second-order valence-corrected chi connectivity index (χ2v) is 11.5. The van der Waals surface area contributed by atoms with Gasteiger partial charge in [0.25, 0.3) is 0 Å². The average molecular weight is 570 g/mol. The van der Waals surface area contributed by atoms with Gasteiger partial charge in [-0.05, 0) is 19.3 Å². The zero-order valence-corrected chi connectivity index (χ0v) is 23.5. The number of aliphatic hydroxyl groups excluding tert-OH is 2. The van der Waals surface area contributed by atoms with Gasteiger partial charge in [-0.3, -0.25) is 13.6 Å². The first-order valence-corrected chi connectivity index (χ1v) is 15.5.